The molecule has 0 saturated carbocycles. The van der Waals surface area contributed by atoms with Crippen LogP contribution in [0.25, 0.3) is 10.4 Å². The highest BCUT2D eigenvalue weighted by molar-refractivity contribution is 5.94. The van der Waals surface area contributed by atoms with Gasteiger partial charge < -0.3 is 10.4 Å². The van der Waals surface area contributed by atoms with Crippen LogP contribution in [0.1, 0.15) is 16.9 Å². The van der Waals surface area contributed by atoms with Crippen LogP contribution < -0.4 is 5.32 Å². The van der Waals surface area contributed by atoms with Crippen molar-refractivity contribution in [2.75, 3.05) is 13.1 Å². The van der Waals surface area contributed by atoms with Gasteiger partial charge in [-0.05, 0) is 24.1 Å². The van der Waals surface area contributed by atoms with Crippen LogP contribution in [0.4, 0.5) is 0 Å². The van der Waals surface area contributed by atoms with Crippen molar-refractivity contribution < 1.29 is 9.90 Å². The zero-order valence-corrected chi connectivity index (χ0v) is 8.50. The molecular formula is C9H11N5O2. The van der Waals surface area contributed by atoms with E-state index in [1.807, 2.05) is 0 Å². The molecule has 0 atom stereocenters. The number of azide groups is 1. The molecule has 7 nitrogen and oxygen atoms in total. The van der Waals surface area contributed by atoms with Gasteiger partial charge in [-0.2, -0.15) is 0 Å². The molecule has 2 N–H and O–H groups in total. The van der Waals surface area contributed by atoms with Crippen molar-refractivity contribution in [1.29, 1.82) is 0 Å². The normalized spacial score (nSPS) is 9.25. The number of aromatic hydroxyl groups is 1. The van der Waals surface area contributed by atoms with E-state index in [1.54, 1.807) is 0 Å². The van der Waals surface area contributed by atoms with Gasteiger partial charge in [0.05, 0.1) is 0 Å². The van der Waals surface area contributed by atoms with Crippen molar-refractivity contribution in [3.05, 3.63) is 34.5 Å². The summed E-state index contributed by atoms with van der Waals surface area (Å²) in [5.74, 6) is -0.603. The number of rotatable bonds is 5. The van der Waals surface area contributed by atoms with Crippen LogP contribution in [0.15, 0.2) is 23.4 Å². The second-order valence-corrected chi connectivity index (χ2v) is 2.94. The molecule has 0 radical (unpaired) electrons. The minimum atomic E-state index is -0.445. The summed E-state index contributed by atoms with van der Waals surface area (Å²) in [7, 11) is 0. The van der Waals surface area contributed by atoms with Gasteiger partial charge in [0.1, 0.15) is 5.75 Å². The molecule has 0 aromatic carbocycles. The number of nitrogens with one attached hydrogen (secondary N) is 1. The number of carbonyl (C=O) groups is 1. The van der Waals surface area contributed by atoms with Crippen molar-refractivity contribution >= 4 is 5.91 Å². The van der Waals surface area contributed by atoms with Crippen molar-refractivity contribution in [3.63, 3.8) is 0 Å². The van der Waals surface area contributed by atoms with E-state index < -0.39 is 5.91 Å². The van der Waals surface area contributed by atoms with E-state index >= 15 is 0 Å². The summed E-state index contributed by atoms with van der Waals surface area (Å²) in [6.45, 7) is 0.693. The summed E-state index contributed by atoms with van der Waals surface area (Å²) in [5.41, 5.74) is 8.01. The SMILES string of the molecule is [N-]=[N+]=NCCCNC(=O)c1ncccc1O. The van der Waals surface area contributed by atoms with Crippen LogP contribution in [-0.4, -0.2) is 29.1 Å². The van der Waals surface area contributed by atoms with E-state index in [1.165, 1.54) is 18.3 Å². The second kappa shape index (κ2) is 6.26. The van der Waals surface area contributed by atoms with Crippen molar-refractivity contribution in [2.45, 2.75) is 6.42 Å². The van der Waals surface area contributed by atoms with Crippen molar-refractivity contribution in [3.8, 4) is 5.75 Å². The Bertz CT molecular complexity index is 414. The quantitative estimate of drug-likeness (QED) is 0.337. The molecule has 0 spiro atoms. The Balaban J connectivity index is 2.41. The molecule has 1 heterocycles. The average Bonchev–Trinajstić information content (AvgIpc) is 2.29. The zero-order chi connectivity index (χ0) is 11.8. The number of aromatic nitrogens is 1. The lowest BCUT2D eigenvalue weighted by molar-refractivity contribution is 0.0945. The largest absolute Gasteiger partial charge is 0.505 e. The maximum absolute atomic E-state index is 11.5. The van der Waals surface area contributed by atoms with Crippen LogP contribution in [0.3, 0.4) is 0 Å². The standard InChI is InChI=1S/C9H11N5O2/c10-14-13-6-2-5-12-9(16)8-7(15)3-1-4-11-8/h1,3-4,15H,2,5-6H2,(H,12,16). The third-order valence-corrected chi connectivity index (χ3v) is 1.79. The number of hydrogen-bond acceptors (Lipinski definition) is 4. The molecule has 7 heteroatoms. The second-order valence-electron chi connectivity index (χ2n) is 2.94. The molecule has 16 heavy (non-hydrogen) atoms. The van der Waals surface area contributed by atoms with Gasteiger partial charge in [0.25, 0.3) is 5.91 Å². The summed E-state index contributed by atoms with van der Waals surface area (Å²) in [6, 6.07) is 2.93. The van der Waals surface area contributed by atoms with Gasteiger partial charge >= 0.3 is 0 Å². The van der Waals surface area contributed by atoms with Gasteiger partial charge in [-0.3, -0.25) is 4.79 Å². The summed E-state index contributed by atoms with van der Waals surface area (Å²) in [4.78, 5) is 17.8. The highest BCUT2D eigenvalue weighted by Crippen LogP contribution is 2.11. The number of amides is 1. The van der Waals surface area contributed by atoms with Crippen LogP contribution in [-0.2, 0) is 0 Å². The third kappa shape index (κ3) is 3.47. The molecule has 0 aliphatic carbocycles. The van der Waals surface area contributed by atoms with E-state index in [-0.39, 0.29) is 11.4 Å². The van der Waals surface area contributed by atoms with E-state index in [0.717, 1.165) is 0 Å². The fraction of sp³-hybridized carbons (Fsp3) is 0.333. The molecule has 1 aromatic heterocycles. The fourth-order valence-electron chi connectivity index (χ4n) is 1.05. The van der Waals surface area contributed by atoms with Gasteiger partial charge in [-0.1, -0.05) is 5.11 Å². The highest BCUT2D eigenvalue weighted by Gasteiger charge is 2.10. The third-order valence-electron chi connectivity index (χ3n) is 1.79. The molecule has 0 fully saturated rings. The number of carbonyl (C=O) groups excluding carboxylic acids is 1. The first kappa shape index (κ1) is 11.8. The Morgan fingerprint density at radius 2 is 2.50 bits per heavy atom. The zero-order valence-electron chi connectivity index (χ0n) is 8.50. The summed E-state index contributed by atoms with van der Waals surface area (Å²) < 4.78 is 0. The summed E-state index contributed by atoms with van der Waals surface area (Å²) in [6.07, 6.45) is 1.97. The van der Waals surface area contributed by atoms with Gasteiger partial charge in [-0.25, -0.2) is 4.98 Å². The van der Waals surface area contributed by atoms with E-state index in [4.69, 9.17) is 5.53 Å². The molecule has 0 aliphatic heterocycles. The summed E-state index contributed by atoms with van der Waals surface area (Å²) >= 11 is 0. The molecule has 0 bridgehead atoms. The van der Waals surface area contributed by atoms with Crippen molar-refractivity contribution in [1.82, 2.24) is 10.3 Å². The minimum Gasteiger partial charge on any atom is -0.505 e. The molecule has 1 amide bonds. The number of pyridine rings is 1. The highest BCUT2D eigenvalue weighted by atomic mass is 16.3. The summed E-state index contributed by atoms with van der Waals surface area (Å²) in [5, 5.41) is 15.2. The van der Waals surface area contributed by atoms with Gasteiger partial charge in [0.2, 0.25) is 0 Å². The van der Waals surface area contributed by atoms with E-state index in [9.17, 15) is 9.90 Å². The van der Waals surface area contributed by atoms with E-state index in [0.29, 0.717) is 19.5 Å². The lowest BCUT2D eigenvalue weighted by Gasteiger charge is -2.04. The first-order chi connectivity index (χ1) is 7.75. The lowest BCUT2D eigenvalue weighted by atomic mass is 10.3. The molecule has 0 aliphatic rings. The molecule has 84 valence electrons. The molecule has 0 unspecified atom stereocenters. The smallest absolute Gasteiger partial charge is 0.273 e. The Morgan fingerprint density at radius 1 is 1.69 bits per heavy atom. The van der Waals surface area contributed by atoms with Gasteiger partial charge in [-0.15, -0.1) is 0 Å². The Morgan fingerprint density at radius 3 is 3.19 bits per heavy atom. The maximum Gasteiger partial charge on any atom is 0.273 e. The fourth-order valence-corrected chi connectivity index (χ4v) is 1.05. The Hall–Kier alpha value is -2.27. The molecule has 0 saturated heterocycles. The Labute approximate surface area is 91.8 Å². The van der Waals surface area contributed by atoms with Crippen LogP contribution in [0.2, 0.25) is 0 Å². The van der Waals surface area contributed by atoms with Crippen molar-refractivity contribution in [2.24, 2.45) is 5.11 Å². The van der Waals surface area contributed by atoms with Crippen LogP contribution in [0.5, 0.6) is 5.75 Å². The maximum atomic E-state index is 11.5. The monoisotopic (exact) mass is 221 g/mol. The first-order valence-electron chi connectivity index (χ1n) is 4.68. The first-order valence-corrected chi connectivity index (χ1v) is 4.68. The topological polar surface area (TPSA) is 111 Å². The molecule has 1 rings (SSSR count). The molecular weight excluding hydrogens is 210 g/mol. The molecule has 1 aromatic rings. The van der Waals surface area contributed by atoms with Gasteiger partial charge in [0.15, 0.2) is 5.69 Å². The van der Waals surface area contributed by atoms with Gasteiger partial charge in [0, 0.05) is 24.2 Å². The predicted octanol–water partition coefficient (Wildman–Crippen LogP) is 1.22. The minimum absolute atomic E-state index is 0.00807. The van der Waals surface area contributed by atoms with Crippen LogP contribution >= 0.6 is 0 Å². The number of hydrogen-bond donors (Lipinski definition) is 2. The average molecular weight is 221 g/mol. The predicted molar refractivity (Wildman–Crippen MR) is 56.9 cm³/mol. The van der Waals surface area contributed by atoms with Crippen LogP contribution in [0, 0.1) is 0 Å². The Kier molecular flexibility index (Phi) is 4.62. The lowest BCUT2D eigenvalue weighted by Crippen LogP contribution is -2.25. The van der Waals surface area contributed by atoms with E-state index in [2.05, 4.69) is 20.3 Å². The number of nitrogens with zero attached hydrogens (tertiary/aromatic N) is 4.